The Balaban J connectivity index is 2.29. The average Bonchev–Trinajstić information content (AvgIpc) is 2.19. The van der Waals surface area contributed by atoms with Crippen LogP contribution in [0.15, 0.2) is 0 Å². The molecule has 1 unspecified atom stereocenters. The monoisotopic (exact) mass is 185 g/mol. The van der Waals surface area contributed by atoms with E-state index in [0.29, 0.717) is 13.1 Å². The zero-order valence-electron chi connectivity index (χ0n) is 8.32. The highest BCUT2D eigenvalue weighted by atomic mass is 16.6. The Bertz CT molecular complexity index is 167. The topological polar surface area (TPSA) is 43.6 Å². The van der Waals surface area contributed by atoms with Gasteiger partial charge in [0.25, 0.3) is 0 Å². The number of hydrogen-bond donors (Lipinski definition) is 0. The van der Waals surface area contributed by atoms with E-state index in [1.165, 1.54) is 0 Å². The van der Waals surface area contributed by atoms with Crippen molar-refractivity contribution in [2.24, 2.45) is 0 Å². The van der Waals surface area contributed by atoms with Crippen LogP contribution in [0.1, 0.15) is 20.3 Å². The maximum Gasteiger partial charge on any atom is 0.410 e. The maximum atomic E-state index is 11.4. The molecule has 0 aliphatic carbocycles. The molecular weight excluding hydrogens is 168 g/mol. The predicted molar refractivity (Wildman–Crippen MR) is 49.7 cm³/mol. The molecule has 0 aromatic rings. The van der Waals surface area contributed by atoms with E-state index in [1.807, 2.05) is 13.8 Å². The van der Waals surface area contributed by atoms with Gasteiger partial charge < -0.3 is 9.64 Å². The quantitative estimate of drug-likeness (QED) is 0.640. The Morgan fingerprint density at radius 3 is 2.69 bits per heavy atom. The van der Waals surface area contributed by atoms with E-state index < -0.39 is 0 Å². The van der Waals surface area contributed by atoms with Gasteiger partial charge in [0.2, 0.25) is 0 Å². The first-order chi connectivity index (χ1) is 6.24. The van der Waals surface area contributed by atoms with Crippen LogP contribution < -0.4 is 5.32 Å². The Labute approximate surface area is 79.2 Å². The molecule has 0 aromatic carbocycles. The average molecular weight is 185 g/mol. The van der Waals surface area contributed by atoms with Crippen molar-refractivity contribution in [2.45, 2.75) is 26.4 Å². The molecule has 4 nitrogen and oxygen atoms in total. The molecular formula is C9H17N2O2. The molecule has 0 aromatic heterocycles. The first-order valence-corrected chi connectivity index (χ1v) is 4.83. The fourth-order valence-electron chi connectivity index (χ4n) is 1.12. The normalized spacial score (nSPS) is 19.7. The first kappa shape index (κ1) is 10.3. The maximum absolute atomic E-state index is 11.4. The summed E-state index contributed by atoms with van der Waals surface area (Å²) >= 11 is 0. The Morgan fingerprint density at radius 1 is 1.54 bits per heavy atom. The number of carbonyl (C=O) groups excluding carboxylic acids is 1. The van der Waals surface area contributed by atoms with Crippen molar-refractivity contribution in [3.05, 3.63) is 0 Å². The van der Waals surface area contributed by atoms with E-state index in [9.17, 15) is 4.79 Å². The SMILES string of the molecule is CCC(C)OC(=O)N1CC[N]CC1. The first-order valence-electron chi connectivity index (χ1n) is 4.83. The summed E-state index contributed by atoms with van der Waals surface area (Å²) in [5.41, 5.74) is 0. The van der Waals surface area contributed by atoms with E-state index in [-0.39, 0.29) is 12.2 Å². The molecule has 1 fully saturated rings. The van der Waals surface area contributed by atoms with Crippen molar-refractivity contribution in [3.8, 4) is 0 Å². The molecule has 1 amide bonds. The standard InChI is InChI=1S/C9H17N2O2/c1-3-8(2)13-9(12)11-6-4-10-5-7-11/h8H,3-7H2,1-2H3. The van der Waals surface area contributed by atoms with Gasteiger partial charge in [0.1, 0.15) is 6.10 Å². The van der Waals surface area contributed by atoms with Crippen LogP contribution in [0.4, 0.5) is 4.79 Å². The fraction of sp³-hybridized carbons (Fsp3) is 0.889. The smallest absolute Gasteiger partial charge is 0.410 e. The summed E-state index contributed by atoms with van der Waals surface area (Å²) in [6, 6.07) is 0. The van der Waals surface area contributed by atoms with Crippen LogP contribution >= 0.6 is 0 Å². The van der Waals surface area contributed by atoms with Crippen LogP contribution in [0, 0.1) is 0 Å². The van der Waals surface area contributed by atoms with Gasteiger partial charge in [0, 0.05) is 26.2 Å². The minimum Gasteiger partial charge on any atom is -0.446 e. The van der Waals surface area contributed by atoms with E-state index in [0.717, 1.165) is 19.5 Å². The third-order valence-corrected chi connectivity index (χ3v) is 2.19. The molecule has 1 aliphatic rings. The van der Waals surface area contributed by atoms with Gasteiger partial charge in [-0.2, -0.15) is 0 Å². The lowest BCUT2D eigenvalue weighted by Gasteiger charge is -2.26. The Hall–Kier alpha value is -0.770. The molecule has 0 saturated carbocycles. The highest BCUT2D eigenvalue weighted by Gasteiger charge is 2.19. The lowest BCUT2D eigenvalue weighted by Crippen LogP contribution is -2.44. The minimum atomic E-state index is -0.191. The minimum absolute atomic E-state index is 0.0198. The lowest BCUT2D eigenvalue weighted by molar-refractivity contribution is 0.0648. The second-order valence-electron chi connectivity index (χ2n) is 3.26. The van der Waals surface area contributed by atoms with E-state index in [1.54, 1.807) is 4.90 Å². The van der Waals surface area contributed by atoms with E-state index in [4.69, 9.17) is 4.74 Å². The summed E-state index contributed by atoms with van der Waals surface area (Å²) in [6.07, 6.45) is 0.694. The van der Waals surface area contributed by atoms with Gasteiger partial charge in [0.05, 0.1) is 0 Å². The summed E-state index contributed by atoms with van der Waals surface area (Å²) in [7, 11) is 0. The van der Waals surface area contributed by atoms with Gasteiger partial charge in [-0.05, 0) is 13.3 Å². The van der Waals surface area contributed by atoms with Gasteiger partial charge in [-0.3, -0.25) is 0 Å². The molecule has 1 aliphatic heterocycles. The summed E-state index contributed by atoms with van der Waals surface area (Å²) in [5.74, 6) is 0. The van der Waals surface area contributed by atoms with Crippen LogP contribution in [0.2, 0.25) is 0 Å². The lowest BCUT2D eigenvalue weighted by atomic mass is 10.3. The second kappa shape index (κ2) is 5.07. The fourth-order valence-corrected chi connectivity index (χ4v) is 1.12. The Kier molecular flexibility index (Phi) is 4.02. The van der Waals surface area contributed by atoms with Crippen molar-refractivity contribution in [1.82, 2.24) is 10.2 Å². The largest absolute Gasteiger partial charge is 0.446 e. The summed E-state index contributed by atoms with van der Waals surface area (Å²) < 4.78 is 5.18. The summed E-state index contributed by atoms with van der Waals surface area (Å²) in [5, 5.41) is 4.16. The Morgan fingerprint density at radius 2 is 2.15 bits per heavy atom. The molecule has 1 heterocycles. The number of carbonyl (C=O) groups is 1. The van der Waals surface area contributed by atoms with Crippen LogP contribution in [0.25, 0.3) is 0 Å². The van der Waals surface area contributed by atoms with Crippen molar-refractivity contribution in [3.63, 3.8) is 0 Å². The van der Waals surface area contributed by atoms with Crippen molar-refractivity contribution >= 4 is 6.09 Å². The number of piperazine rings is 1. The van der Waals surface area contributed by atoms with Crippen molar-refractivity contribution in [2.75, 3.05) is 26.2 Å². The number of amides is 1. The van der Waals surface area contributed by atoms with Gasteiger partial charge in [0.15, 0.2) is 0 Å². The molecule has 1 saturated heterocycles. The number of rotatable bonds is 2. The van der Waals surface area contributed by atoms with Crippen LogP contribution in [0.3, 0.4) is 0 Å². The molecule has 1 radical (unpaired) electrons. The highest BCUT2D eigenvalue weighted by molar-refractivity contribution is 5.67. The van der Waals surface area contributed by atoms with Gasteiger partial charge in [-0.25, -0.2) is 10.1 Å². The van der Waals surface area contributed by atoms with Crippen LogP contribution in [-0.4, -0.2) is 43.3 Å². The molecule has 1 rings (SSSR count). The molecule has 0 bridgehead atoms. The van der Waals surface area contributed by atoms with Crippen LogP contribution in [0.5, 0.6) is 0 Å². The second-order valence-corrected chi connectivity index (χ2v) is 3.26. The molecule has 0 spiro atoms. The molecule has 4 heteroatoms. The van der Waals surface area contributed by atoms with E-state index in [2.05, 4.69) is 5.32 Å². The molecule has 75 valence electrons. The van der Waals surface area contributed by atoms with Crippen LogP contribution in [-0.2, 0) is 4.74 Å². The van der Waals surface area contributed by atoms with E-state index >= 15 is 0 Å². The summed E-state index contributed by atoms with van der Waals surface area (Å²) in [6.45, 7) is 6.81. The van der Waals surface area contributed by atoms with Crippen molar-refractivity contribution < 1.29 is 9.53 Å². The van der Waals surface area contributed by atoms with Gasteiger partial charge >= 0.3 is 6.09 Å². The van der Waals surface area contributed by atoms with Gasteiger partial charge in [-0.15, -0.1) is 0 Å². The molecule has 13 heavy (non-hydrogen) atoms. The molecule has 0 N–H and O–H groups in total. The zero-order chi connectivity index (χ0) is 9.68. The van der Waals surface area contributed by atoms with Crippen molar-refractivity contribution in [1.29, 1.82) is 0 Å². The number of nitrogens with zero attached hydrogens (tertiary/aromatic N) is 2. The zero-order valence-corrected chi connectivity index (χ0v) is 8.32. The summed E-state index contributed by atoms with van der Waals surface area (Å²) in [4.78, 5) is 13.2. The number of hydrogen-bond acceptors (Lipinski definition) is 2. The van der Waals surface area contributed by atoms with Gasteiger partial charge in [-0.1, -0.05) is 6.92 Å². The third kappa shape index (κ3) is 3.22. The highest BCUT2D eigenvalue weighted by Crippen LogP contribution is 2.02. The number of ether oxygens (including phenoxy) is 1. The predicted octanol–water partition coefficient (Wildman–Crippen LogP) is 0.841. The molecule has 1 atom stereocenters. The third-order valence-electron chi connectivity index (χ3n) is 2.19.